The van der Waals surface area contributed by atoms with E-state index in [4.69, 9.17) is 11.6 Å². The maximum atomic E-state index is 14.5. The van der Waals surface area contributed by atoms with E-state index >= 15 is 0 Å². The van der Waals surface area contributed by atoms with Crippen LogP contribution in [0.3, 0.4) is 0 Å². The smallest absolute Gasteiger partial charge is 0.227 e. The molecule has 1 amide bonds. The average molecular weight is 483 g/mol. The van der Waals surface area contributed by atoms with Crippen LogP contribution in [-0.2, 0) is 4.79 Å². The van der Waals surface area contributed by atoms with Crippen molar-refractivity contribution in [2.24, 2.45) is 22.0 Å². The van der Waals surface area contributed by atoms with Crippen molar-refractivity contribution < 1.29 is 13.6 Å². The second-order valence-electron chi connectivity index (χ2n) is 8.44. The van der Waals surface area contributed by atoms with Crippen molar-refractivity contribution in [1.29, 1.82) is 0 Å². The number of nitrogen functional groups attached to an aromatic ring is 1. The number of carbonyl (C=O) groups excluding carboxylic acids is 1. The molecule has 0 bridgehead atoms. The maximum absolute atomic E-state index is 14.5. The zero-order chi connectivity index (χ0) is 24.9. The molecule has 3 heterocycles. The number of hydrazone groups is 2. The van der Waals surface area contributed by atoms with E-state index in [-0.39, 0.29) is 34.7 Å². The van der Waals surface area contributed by atoms with Crippen LogP contribution in [0.4, 0.5) is 20.3 Å². The number of benzene rings is 1. The fraction of sp³-hybridized carbons (Fsp3) is 0.333. The average Bonchev–Trinajstić information content (AvgIpc) is 2.90. The zero-order valence-corrected chi connectivity index (χ0v) is 19.3. The van der Waals surface area contributed by atoms with Crippen LogP contribution in [-0.4, -0.2) is 54.5 Å². The Morgan fingerprint density at radius 3 is 2.83 bits per heavy atom. The summed E-state index contributed by atoms with van der Waals surface area (Å²) in [4.78, 5) is 19.0. The highest BCUT2D eigenvalue weighted by Crippen LogP contribution is 2.29. The zero-order valence-electron chi connectivity index (χ0n) is 19.3. The van der Waals surface area contributed by atoms with Gasteiger partial charge in [-0.3, -0.25) is 4.79 Å². The lowest BCUT2D eigenvalue weighted by atomic mass is 9.95. The van der Waals surface area contributed by atoms with Gasteiger partial charge in [-0.15, -0.1) is 0 Å². The van der Waals surface area contributed by atoms with Gasteiger partial charge in [-0.25, -0.2) is 18.8 Å². The molecule has 4 rings (SSSR count). The minimum Gasteiger partial charge on any atom is -0.383 e. The van der Waals surface area contributed by atoms with Gasteiger partial charge in [0, 0.05) is 32.5 Å². The number of nitrogens with one attached hydrogen (secondary N) is 1. The summed E-state index contributed by atoms with van der Waals surface area (Å²) < 4.78 is 28.3. The molecule has 2 aliphatic rings. The Bertz CT molecular complexity index is 1180. The second kappa shape index (κ2) is 10.6. The van der Waals surface area contributed by atoms with E-state index < -0.39 is 11.6 Å². The van der Waals surface area contributed by atoms with E-state index in [0.29, 0.717) is 19.5 Å². The van der Waals surface area contributed by atoms with E-state index in [9.17, 15) is 13.6 Å². The van der Waals surface area contributed by atoms with Crippen LogP contribution < -0.4 is 21.9 Å². The molecule has 1 aromatic heterocycles. The van der Waals surface area contributed by atoms with Crippen LogP contribution in [0.25, 0.3) is 5.57 Å². The van der Waals surface area contributed by atoms with Crippen LogP contribution in [0, 0.1) is 17.6 Å². The number of hydrogen-bond donors (Lipinski definition) is 3. The monoisotopic (exact) mass is 482 g/mol. The molecule has 11 heteroatoms. The summed E-state index contributed by atoms with van der Waals surface area (Å²) in [6, 6.07) is 5.37. The number of amides is 1. The highest BCUT2D eigenvalue weighted by atomic mass is 19.2. The van der Waals surface area contributed by atoms with Crippen molar-refractivity contribution in [2.45, 2.75) is 19.3 Å². The largest absolute Gasteiger partial charge is 0.383 e. The van der Waals surface area contributed by atoms with Gasteiger partial charge in [-0.2, -0.15) is 10.2 Å². The first-order valence-corrected chi connectivity index (χ1v) is 11.4. The van der Waals surface area contributed by atoms with Crippen molar-refractivity contribution in [3.63, 3.8) is 0 Å². The minimum absolute atomic E-state index is 0.0208. The standard InChI is InChI=1S/C24H28F2N8O/c1-29-34(20-6-2-5-19(25)21(20)26)23(32-28)18-12-17(14-31-22(18)27)15-7-10-33(11-8-15)24(35)16-4-3-9-30-13-16/h2,5-7,12,14,16,30H,1,3-4,8-11,13,28H2,(H2,27,31)/b32-23-. The lowest BCUT2D eigenvalue weighted by Gasteiger charge is -2.32. The van der Waals surface area contributed by atoms with Gasteiger partial charge in [-0.1, -0.05) is 12.1 Å². The minimum atomic E-state index is -1.13. The number of amidine groups is 1. The number of nitrogens with zero attached hydrogens (tertiary/aromatic N) is 5. The lowest BCUT2D eigenvalue weighted by molar-refractivity contribution is -0.135. The summed E-state index contributed by atoms with van der Waals surface area (Å²) in [5.74, 6) is 3.67. The third kappa shape index (κ3) is 4.99. The van der Waals surface area contributed by atoms with Crippen molar-refractivity contribution in [1.82, 2.24) is 15.2 Å². The first-order valence-electron chi connectivity index (χ1n) is 11.4. The second-order valence-corrected chi connectivity index (χ2v) is 8.44. The molecule has 0 saturated carbocycles. The van der Waals surface area contributed by atoms with Crippen LogP contribution in [0.15, 0.2) is 46.7 Å². The van der Waals surface area contributed by atoms with Gasteiger partial charge >= 0.3 is 0 Å². The molecule has 0 aliphatic carbocycles. The molecule has 2 aliphatic heterocycles. The van der Waals surface area contributed by atoms with Gasteiger partial charge < -0.3 is 21.8 Å². The van der Waals surface area contributed by atoms with Gasteiger partial charge in [0.2, 0.25) is 5.91 Å². The Hall–Kier alpha value is -3.86. The third-order valence-electron chi connectivity index (χ3n) is 6.32. The Balaban J connectivity index is 1.58. The Kier molecular flexibility index (Phi) is 7.35. The molecule has 1 atom stereocenters. The fourth-order valence-electron chi connectivity index (χ4n) is 4.43. The fourth-order valence-corrected chi connectivity index (χ4v) is 4.43. The molecule has 0 spiro atoms. The molecule has 2 aromatic rings. The lowest BCUT2D eigenvalue weighted by Crippen LogP contribution is -2.44. The highest BCUT2D eigenvalue weighted by Gasteiger charge is 2.28. The van der Waals surface area contributed by atoms with Crippen molar-refractivity contribution in [3.05, 3.63) is 59.3 Å². The maximum Gasteiger partial charge on any atom is 0.227 e. The summed E-state index contributed by atoms with van der Waals surface area (Å²) in [6.07, 6.45) is 6.16. The van der Waals surface area contributed by atoms with E-state index in [1.165, 1.54) is 12.1 Å². The Morgan fingerprint density at radius 1 is 1.34 bits per heavy atom. The summed E-state index contributed by atoms with van der Waals surface area (Å²) in [5.41, 5.74) is 7.89. The highest BCUT2D eigenvalue weighted by molar-refractivity contribution is 6.12. The number of carbonyl (C=O) groups is 1. The summed E-state index contributed by atoms with van der Waals surface area (Å²) in [7, 11) is 0. The number of piperidine rings is 1. The number of hydrogen-bond acceptors (Lipinski definition) is 7. The molecule has 9 nitrogen and oxygen atoms in total. The van der Waals surface area contributed by atoms with Crippen LogP contribution in [0.5, 0.6) is 0 Å². The number of halogens is 2. The number of nitrogens with two attached hydrogens (primary N) is 2. The van der Waals surface area contributed by atoms with E-state index in [2.05, 4.69) is 27.2 Å². The molecule has 184 valence electrons. The SMILES string of the molecule is C=NN(/C(=N\N)c1cc(C2=CCN(C(=O)C3CCCNC3)CC2)cnc1N)c1cccc(F)c1F. The normalized spacial score (nSPS) is 18.7. The molecular weight excluding hydrogens is 454 g/mol. The number of anilines is 2. The van der Waals surface area contributed by atoms with Crippen molar-refractivity contribution in [2.75, 3.05) is 36.9 Å². The molecule has 0 radical (unpaired) electrons. The van der Waals surface area contributed by atoms with E-state index in [0.717, 1.165) is 48.1 Å². The van der Waals surface area contributed by atoms with E-state index in [1.54, 1.807) is 12.3 Å². The van der Waals surface area contributed by atoms with Crippen molar-refractivity contribution >= 4 is 35.5 Å². The molecular formula is C24H28F2N8O. The Labute approximate surface area is 202 Å². The topological polar surface area (TPSA) is 125 Å². The predicted octanol–water partition coefficient (Wildman–Crippen LogP) is 2.30. The van der Waals surface area contributed by atoms with Gasteiger partial charge in [0.15, 0.2) is 17.5 Å². The van der Waals surface area contributed by atoms with Crippen LogP contribution in [0.2, 0.25) is 0 Å². The predicted molar refractivity (Wildman–Crippen MR) is 133 cm³/mol. The number of rotatable bonds is 5. The number of pyridine rings is 1. The van der Waals surface area contributed by atoms with Crippen LogP contribution in [0.1, 0.15) is 30.4 Å². The Morgan fingerprint density at radius 2 is 2.17 bits per heavy atom. The molecule has 1 unspecified atom stereocenters. The van der Waals surface area contributed by atoms with Gasteiger partial charge in [-0.05, 0) is 55.1 Å². The first kappa shape index (κ1) is 24.3. The molecule has 35 heavy (non-hydrogen) atoms. The third-order valence-corrected chi connectivity index (χ3v) is 6.32. The van der Waals surface area contributed by atoms with Gasteiger partial charge in [0.05, 0.1) is 11.5 Å². The molecule has 1 aromatic carbocycles. The summed E-state index contributed by atoms with van der Waals surface area (Å²) >= 11 is 0. The first-order chi connectivity index (χ1) is 16.9. The number of aromatic nitrogens is 1. The molecule has 5 N–H and O–H groups in total. The van der Waals surface area contributed by atoms with Crippen LogP contribution >= 0.6 is 0 Å². The quantitative estimate of drug-likeness (QED) is 0.260. The summed E-state index contributed by atoms with van der Waals surface area (Å²) in [5, 5.41) is 11.8. The summed E-state index contributed by atoms with van der Waals surface area (Å²) in [6.45, 7) is 6.21. The molecule has 1 saturated heterocycles. The van der Waals surface area contributed by atoms with E-state index in [1.807, 2.05) is 11.0 Å². The molecule has 1 fully saturated rings. The van der Waals surface area contributed by atoms with Gasteiger partial charge in [0.25, 0.3) is 0 Å². The van der Waals surface area contributed by atoms with Gasteiger partial charge in [0.1, 0.15) is 11.5 Å². The van der Waals surface area contributed by atoms with Crippen molar-refractivity contribution in [3.8, 4) is 0 Å².